The van der Waals surface area contributed by atoms with Crippen molar-refractivity contribution in [3.05, 3.63) is 41.4 Å². The summed E-state index contributed by atoms with van der Waals surface area (Å²) in [6.07, 6.45) is -2.06. The largest absolute Gasteiger partial charge is 0.480 e. The maximum atomic E-state index is 13.6. The van der Waals surface area contributed by atoms with E-state index >= 15 is 0 Å². The number of nitrogens with zero attached hydrogens (tertiary/aromatic N) is 1. The van der Waals surface area contributed by atoms with Gasteiger partial charge >= 0.3 is 18.2 Å². The summed E-state index contributed by atoms with van der Waals surface area (Å²) in [6.45, 7) is 3.75. The van der Waals surface area contributed by atoms with E-state index in [0.717, 1.165) is 6.42 Å². The standard InChI is InChI=1S/C21H22ClF3N2O4/c1-11(13-9-5-6-10-14(13)22)15-16(19(29)30)27(18(15)28)20(31)26-17(21(23,24)25)12-7-3-2-4-8-12/h5-6,9-10,12,15-17H,1-4,7-8H2,(H,26,31)(H,29,30)/t15-,16+,17+/m1/s1. The fraction of sp³-hybridized carbons (Fsp3) is 0.476. The molecule has 168 valence electrons. The minimum absolute atomic E-state index is 0.0895. The Balaban J connectivity index is 1.80. The number of alkyl halides is 3. The van der Waals surface area contributed by atoms with Crippen LogP contribution in [-0.2, 0) is 9.59 Å². The van der Waals surface area contributed by atoms with Crippen LogP contribution in [0, 0.1) is 11.8 Å². The number of hydrogen-bond donors (Lipinski definition) is 2. The van der Waals surface area contributed by atoms with Gasteiger partial charge in [0.2, 0.25) is 5.91 Å². The smallest absolute Gasteiger partial charge is 0.408 e. The molecular formula is C21H22ClF3N2O4. The van der Waals surface area contributed by atoms with Gasteiger partial charge in [0.1, 0.15) is 6.04 Å². The van der Waals surface area contributed by atoms with E-state index in [1.165, 1.54) is 6.07 Å². The third-order valence-corrected chi connectivity index (χ3v) is 6.25. The lowest BCUT2D eigenvalue weighted by molar-refractivity contribution is -0.171. The average Bonchev–Trinajstić information content (AvgIpc) is 2.70. The zero-order valence-corrected chi connectivity index (χ0v) is 17.2. The topological polar surface area (TPSA) is 86.7 Å². The highest BCUT2D eigenvalue weighted by molar-refractivity contribution is 6.32. The van der Waals surface area contributed by atoms with Crippen LogP contribution in [0.4, 0.5) is 18.0 Å². The number of nitrogens with one attached hydrogen (secondary N) is 1. The van der Waals surface area contributed by atoms with E-state index in [-0.39, 0.29) is 10.6 Å². The number of likely N-dealkylation sites (tertiary alicyclic amines) is 1. The average molecular weight is 459 g/mol. The summed E-state index contributed by atoms with van der Waals surface area (Å²) in [6, 6.07) is 1.15. The first-order chi connectivity index (χ1) is 14.5. The number of imide groups is 1. The number of benzene rings is 1. The molecule has 1 aliphatic carbocycles. The number of hydrogen-bond acceptors (Lipinski definition) is 3. The minimum atomic E-state index is -4.72. The Bertz CT molecular complexity index is 899. The highest BCUT2D eigenvalue weighted by Crippen LogP contribution is 2.40. The summed E-state index contributed by atoms with van der Waals surface area (Å²) < 4.78 is 40.8. The van der Waals surface area contributed by atoms with Gasteiger partial charge in [-0.05, 0) is 36.0 Å². The molecule has 3 rings (SSSR count). The van der Waals surface area contributed by atoms with Gasteiger partial charge in [-0.25, -0.2) is 14.5 Å². The summed E-state index contributed by atoms with van der Waals surface area (Å²) in [5.74, 6) is -4.57. The predicted molar refractivity (Wildman–Crippen MR) is 107 cm³/mol. The molecule has 1 aromatic carbocycles. The van der Waals surface area contributed by atoms with Gasteiger partial charge in [-0.3, -0.25) is 4.79 Å². The third-order valence-electron chi connectivity index (χ3n) is 5.92. The van der Waals surface area contributed by atoms with E-state index < -0.39 is 48.0 Å². The van der Waals surface area contributed by atoms with E-state index in [1.807, 2.05) is 5.32 Å². The number of amides is 3. The van der Waals surface area contributed by atoms with E-state index in [0.29, 0.717) is 36.1 Å². The van der Waals surface area contributed by atoms with Crippen LogP contribution in [0.1, 0.15) is 37.7 Å². The van der Waals surface area contributed by atoms with Gasteiger partial charge in [-0.2, -0.15) is 13.2 Å². The van der Waals surface area contributed by atoms with Crippen LogP contribution < -0.4 is 5.32 Å². The van der Waals surface area contributed by atoms with Gasteiger partial charge in [0.25, 0.3) is 0 Å². The molecule has 0 radical (unpaired) electrons. The van der Waals surface area contributed by atoms with Crippen LogP contribution in [0.25, 0.3) is 5.57 Å². The molecule has 31 heavy (non-hydrogen) atoms. The van der Waals surface area contributed by atoms with Gasteiger partial charge in [0.05, 0.1) is 5.92 Å². The molecule has 1 aromatic rings. The zero-order valence-electron chi connectivity index (χ0n) is 16.5. The van der Waals surface area contributed by atoms with Gasteiger partial charge in [0, 0.05) is 5.02 Å². The van der Waals surface area contributed by atoms with Crippen molar-refractivity contribution < 1.29 is 32.7 Å². The number of urea groups is 1. The van der Waals surface area contributed by atoms with E-state index in [1.54, 1.807) is 18.2 Å². The van der Waals surface area contributed by atoms with Gasteiger partial charge in [-0.15, -0.1) is 0 Å². The van der Waals surface area contributed by atoms with Gasteiger partial charge in [0.15, 0.2) is 6.04 Å². The van der Waals surface area contributed by atoms with E-state index in [9.17, 15) is 32.7 Å². The summed E-state index contributed by atoms with van der Waals surface area (Å²) in [4.78, 5) is 37.4. The highest BCUT2D eigenvalue weighted by Gasteiger charge is 2.57. The number of carbonyl (C=O) groups is 3. The molecule has 3 atom stereocenters. The number of carbonyl (C=O) groups excluding carboxylic acids is 2. The summed E-state index contributed by atoms with van der Waals surface area (Å²) in [7, 11) is 0. The molecule has 1 saturated heterocycles. The lowest BCUT2D eigenvalue weighted by atomic mass is 9.79. The van der Waals surface area contributed by atoms with Crippen molar-refractivity contribution in [3.8, 4) is 0 Å². The molecule has 10 heteroatoms. The molecule has 1 heterocycles. The molecule has 2 N–H and O–H groups in total. The first-order valence-electron chi connectivity index (χ1n) is 9.90. The second kappa shape index (κ2) is 8.90. The van der Waals surface area contributed by atoms with Crippen molar-refractivity contribution in [2.24, 2.45) is 11.8 Å². The van der Waals surface area contributed by atoms with Crippen molar-refractivity contribution in [1.82, 2.24) is 10.2 Å². The molecule has 0 aromatic heterocycles. The molecule has 0 bridgehead atoms. The Morgan fingerprint density at radius 2 is 1.81 bits per heavy atom. The van der Waals surface area contributed by atoms with Crippen LogP contribution in [-0.4, -0.2) is 46.2 Å². The molecule has 2 aliphatic rings. The van der Waals surface area contributed by atoms with Crippen LogP contribution in [0.5, 0.6) is 0 Å². The molecule has 1 saturated carbocycles. The Kier molecular flexibility index (Phi) is 6.64. The fourth-order valence-corrected chi connectivity index (χ4v) is 4.59. The monoisotopic (exact) mass is 458 g/mol. The normalized spacial score (nSPS) is 23.1. The maximum Gasteiger partial charge on any atom is 0.408 e. The number of carboxylic acid groups (broad SMARTS) is 1. The van der Waals surface area contributed by atoms with E-state index in [2.05, 4.69) is 6.58 Å². The number of halogens is 4. The van der Waals surface area contributed by atoms with Crippen molar-refractivity contribution in [1.29, 1.82) is 0 Å². The predicted octanol–water partition coefficient (Wildman–Crippen LogP) is 4.49. The molecule has 2 fully saturated rings. The SMILES string of the molecule is C=C(c1ccccc1Cl)[C@H]1C(=O)N(C(=O)N[C@@H](C2CCCCC2)C(F)(F)F)[C@@H]1C(=O)O. The van der Waals surface area contributed by atoms with Crippen molar-refractivity contribution in [3.63, 3.8) is 0 Å². The van der Waals surface area contributed by atoms with Gasteiger partial charge in [-0.1, -0.05) is 55.6 Å². The first-order valence-corrected chi connectivity index (χ1v) is 10.3. The highest BCUT2D eigenvalue weighted by atomic mass is 35.5. The molecule has 0 spiro atoms. The lowest BCUT2D eigenvalue weighted by Crippen LogP contribution is -2.69. The molecular weight excluding hydrogens is 437 g/mol. The van der Waals surface area contributed by atoms with Crippen LogP contribution in [0.2, 0.25) is 5.02 Å². The molecule has 3 amide bonds. The van der Waals surface area contributed by atoms with Crippen LogP contribution in [0.15, 0.2) is 30.8 Å². The Morgan fingerprint density at radius 3 is 2.35 bits per heavy atom. The Hall–Kier alpha value is -2.55. The first kappa shape index (κ1) is 23.1. The summed E-state index contributed by atoms with van der Waals surface area (Å²) in [5.41, 5.74) is 0.427. The lowest BCUT2D eigenvalue weighted by Gasteiger charge is -2.44. The molecule has 1 aliphatic heterocycles. The van der Waals surface area contributed by atoms with Crippen LogP contribution in [0.3, 0.4) is 0 Å². The minimum Gasteiger partial charge on any atom is -0.480 e. The van der Waals surface area contributed by atoms with E-state index in [4.69, 9.17) is 11.6 Å². The fourth-order valence-electron chi connectivity index (χ4n) is 4.33. The number of aliphatic carboxylic acids is 1. The number of β-lactam (4-membered cyclic amide) rings is 1. The Morgan fingerprint density at radius 1 is 1.19 bits per heavy atom. The summed E-state index contributed by atoms with van der Waals surface area (Å²) >= 11 is 6.09. The summed E-state index contributed by atoms with van der Waals surface area (Å²) in [5, 5.41) is 11.7. The number of rotatable bonds is 5. The van der Waals surface area contributed by atoms with Crippen molar-refractivity contribution >= 4 is 35.1 Å². The Labute approximate surface area is 182 Å². The second-order valence-corrected chi connectivity index (χ2v) is 8.25. The maximum absolute atomic E-state index is 13.6. The van der Waals surface area contributed by atoms with Gasteiger partial charge < -0.3 is 10.4 Å². The van der Waals surface area contributed by atoms with Crippen LogP contribution >= 0.6 is 11.6 Å². The van der Waals surface area contributed by atoms with Crippen molar-refractivity contribution in [2.45, 2.75) is 50.4 Å². The third kappa shape index (κ3) is 4.56. The van der Waals surface area contributed by atoms with Crippen molar-refractivity contribution in [2.75, 3.05) is 0 Å². The zero-order chi connectivity index (χ0) is 22.9. The second-order valence-electron chi connectivity index (χ2n) is 7.84. The number of carboxylic acids is 1. The molecule has 6 nitrogen and oxygen atoms in total. The quantitative estimate of drug-likeness (QED) is 0.637. The molecule has 0 unspecified atom stereocenters.